The first-order valence-corrected chi connectivity index (χ1v) is 6.26. The van der Waals surface area contributed by atoms with Gasteiger partial charge in [-0.1, -0.05) is 19.3 Å². The molecule has 1 aromatic heterocycles. The number of nitrogens with zero attached hydrogens (tertiary/aromatic N) is 1. The van der Waals surface area contributed by atoms with Crippen LogP contribution in [0.15, 0.2) is 0 Å². The van der Waals surface area contributed by atoms with Crippen LogP contribution >= 0.6 is 0 Å². The smallest absolute Gasteiger partial charge is 0.151 e. The van der Waals surface area contributed by atoms with Crippen LogP contribution in [0.5, 0.6) is 0 Å². The minimum atomic E-state index is 0.759. The summed E-state index contributed by atoms with van der Waals surface area (Å²) in [5.41, 5.74) is 2.92. The molecule has 3 nitrogen and oxygen atoms in total. The number of aromatic nitrogens is 2. The van der Waals surface area contributed by atoms with Crippen LogP contribution in [0, 0.1) is 0 Å². The molecule has 82 valence electrons. The van der Waals surface area contributed by atoms with Crippen molar-refractivity contribution in [2.45, 2.75) is 50.9 Å². The number of anilines is 1. The standard InChI is InChI=1S/C12H19N3/c1-2-5-9(6-3-1)11-10-7-4-8-13-12(10)15-14-11/h9H,1-8H2,(H2,13,14,15). The van der Waals surface area contributed by atoms with Crippen LogP contribution in [0.4, 0.5) is 5.82 Å². The molecule has 3 rings (SSSR count). The third-order valence-corrected chi connectivity index (χ3v) is 3.81. The Morgan fingerprint density at radius 1 is 1.07 bits per heavy atom. The summed E-state index contributed by atoms with van der Waals surface area (Å²) in [6.07, 6.45) is 9.39. The summed E-state index contributed by atoms with van der Waals surface area (Å²) >= 11 is 0. The van der Waals surface area contributed by atoms with E-state index >= 15 is 0 Å². The maximum absolute atomic E-state index is 4.40. The molecular formula is C12H19N3. The summed E-state index contributed by atoms with van der Waals surface area (Å²) in [4.78, 5) is 0. The highest BCUT2D eigenvalue weighted by atomic mass is 15.2. The Morgan fingerprint density at radius 2 is 1.93 bits per heavy atom. The second kappa shape index (κ2) is 3.87. The van der Waals surface area contributed by atoms with E-state index in [1.54, 1.807) is 0 Å². The number of nitrogens with one attached hydrogen (secondary N) is 2. The Balaban J connectivity index is 1.87. The molecule has 3 heteroatoms. The molecule has 15 heavy (non-hydrogen) atoms. The van der Waals surface area contributed by atoms with Crippen LogP contribution in [0.3, 0.4) is 0 Å². The molecule has 1 aromatic rings. The van der Waals surface area contributed by atoms with Crippen molar-refractivity contribution in [2.75, 3.05) is 11.9 Å². The molecule has 1 aliphatic heterocycles. The van der Waals surface area contributed by atoms with Gasteiger partial charge in [0.05, 0.1) is 0 Å². The predicted octanol–water partition coefficient (Wildman–Crippen LogP) is 2.82. The maximum atomic E-state index is 4.40. The van der Waals surface area contributed by atoms with Gasteiger partial charge in [-0.05, 0) is 25.7 Å². The predicted molar refractivity (Wildman–Crippen MR) is 61.2 cm³/mol. The van der Waals surface area contributed by atoms with Crippen LogP contribution in [0.25, 0.3) is 0 Å². The number of hydrogen-bond donors (Lipinski definition) is 2. The second-order valence-electron chi connectivity index (χ2n) is 4.83. The first kappa shape index (κ1) is 9.25. The minimum absolute atomic E-state index is 0.759. The molecule has 1 saturated carbocycles. The topological polar surface area (TPSA) is 40.7 Å². The van der Waals surface area contributed by atoms with Crippen molar-refractivity contribution in [1.29, 1.82) is 0 Å². The summed E-state index contributed by atoms with van der Waals surface area (Å²) in [7, 11) is 0. The van der Waals surface area contributed by atoms with Crippen LogP contribution in [0.1, 0.15) is 55.7 Å². The quantitative estimate of drug-likeness (QED) is 0.740. The lowest BCUT2D eigenvalue weighted by atomic mass is 9.84. The van der Waals surface area contributed by atoms with E-state index in [1.165, 1.54) is 56.2 Å². The molecule has 0 bridgehead atoms. The van der Waals surface area contributed by atoms with Crippen molar-refractivity contribution in [2.24, 2.45) is 0 Å². The van der Waals surface area contributed by atoms with Gasteiger partial charge < -0.3 is 5.32 Å². The largest absolute Gasteiger partial charge is 0.368 e. The van der Waals surface area contributed by atoms with E-state index in [2.05, 4.69) is 15.5 Å². The van der Waals surface area contributed by atoms with Crippen LogP contribution in [-0.4, -0.2) is 16.7 Å². The first-order chi connectivity index (χ1) is 7.45. The molecule has 1 fully saturated rings. The third-order valence-electron chi connectivity index (χ3n) is 3.81. The summed E-state index contributed by atoms with van der Waals surface area (Å²) < 4.78 is 0. The molecular weight excluding hydrogens is 186 g/mol. The summed E-state index contributed by atoms with van der Waals surface area (Å²) in [5, 5.41) is 11.0. The first-order valence-electron chi connectivity index (χ1n) is 6.26. The minimum Gasteiger partial charge on any atom is -0.368 e. The van der Waals surface area contributed by atoms with E-state index in [0.29, 0.717) is 0 Å². The molecule has 0 radical (unpaired) electrons. The van der Waals surface area contributed by atoms with Gasteiger partial charge in [-0.15, -0.1) is 0 Å². The second-order valence-corrected chi connectivity index (χ2v) is 4.83. The molecule has 0 atom stereocenters. The lowest BCUT2D eigenvalue weighted by Gasteiger charge is -2.22. The number of aromatic amines is 1. The molecule has 0 amide bonds. The van der Waals surface area contributed by atoms with Crippen LogP contribution in [-0.2, 0) is 6.42 Å². The summed E-state index contributed by atoms with van der Waals surface area (Å²) in [5.74, 6) is 1.89. The molecule has 0 aromatic carbocycles. The van der Waals surface area contributed by atoms with Gasteiger partial charge in [0.1, 0.15) is 0 Å². The summed E-state index contributed by atoms with van der Waals surface area (Å²) in [6.45, 7) is 1.09. The fraction of sp³-hybridized carbons (Fsp3) is 0.750. The Morgan fingerprint density at radius 3 is 2.80 bits per heavy atom. The average molecular weight is 205 g/mol. The molecule has 0 saturated heterocycles. The SMILES string of the molecule is C1CCC(c2[nH]nc3c2CCCN3)CC1. The van der Waals surface area contributed by atoms with Crippen molar-refractivity contribution < 1.29 is 0 Å². The zero-order valence-corrected chi connectivity index (χ0v) is 9.18. The molecule has 1 aliphatic carbocycles. The van der Waals surface area contributed by atoms with Gasteiger partial charge in [0.15, 0.2) is 5.82 Å². The van der Waals surface area contributed by atoms with E-state index in [0.717, 1.165) is 18.3 Å². The average Bonchev–Trinajstić information content (AvgIpc) is 2.74. The molecule has 2 heterocycles. The number of hydrogen-bond acceptors (Lipinski definition) is 2. The van der Waals surface area contributed by atoms with Gasteiger partial charge >= 0.3 is 0 Å². The van der Waals surface area contributed by atoms with Gasteiger partial charge in [-0.25, -0.2) is 0 Å². The normalized spacial score (nSPS) is 22.1. The van der Waals surface area contributed by atoms with E-state index in [4.69, 9.17) is 0 Å². The molecule has 2 N–H and O–H groups in total. The van der Waals surface area contributed by atoms with Crippen molar-refractivity contribution in [3.8, 4) is 0 Å². The van der Waals surface area contributed by atoms with Gasteiger partial charge in [0.2, 0.25) is 0 Å². The highest BCUT2D eigenvalue weighted by Crippen LogP contribution is 2.36. The van der Waals surface area contributed by atoms with Crippen molar-refractivity contribution in [3.63, 3.8) is 0 Å². The number of H-pyrrole nitrogens is 1. The fourth-order valence-electron chi connectivity index (χ4n) is 2.98. The third kappa shape index (κ3) is 1.64. The summed E-state index contributed by atoms with van der Waals surface area (Å²) in [6, 6.07) is 0. The Bertz CT molecular complexity index is 337. The van der Waals surface area contributed by atoms with Gasteiger partial charge in [0, 0.05) is 23.7 Å². The Labute approximate surface area is 90.7 Å². The number of fused-ring (bicyclic) bond motifs is 1. The zero-order chi connectivity index (χ0) is 10.1. The van der Waals surface area contributed by atoms with Gasteiger partial charge in [-0.3, -0.25) is 5.10 Å². The number of rotatable bonds is 1. The van der Waals surface area contributed by atoms with Gasteiger partial charge in [-0.2, -0.15) is 5.10 Å². The highest BCUT2D eigenvalue weighted by molar-refractivity contribution is 5.49. The van der Waals surface area contributed by atoms with Gasteiger partial charge in [0.25, 0.3) is 0 Å². The van der Waals surface area contributed by atoms with Crippen molar-refractivity contribution in [1.82, 2.24) is 10.2 Å². The fourth-order valence-corrected chi connectivity index (χ4v) is 2.98. The van der Waals surface area contributed by atoms with Crippen molar-refractivity contribution in [3.05, 3.63) is 11.3 Å². The zero-order valence-electron chi connectivity index (χ0n) is 9.18. The van der Waals surface area contributed by atoms with E-state index in [9.17, 15) is 0 Å². The van der Waals surface area contributed by atoms with Crippen LogP contribution in [0.2, 0.25) is 0 Å². The van der Waals surface area contributed by atoms with Crippen molar-refractivity contribution >= 4 is 5.82 Å². The Hall–Kier alpha value is -0.990. The molecule has 2 aliphatic rings. The van der Waals surface area contributed by atoms with E-state index in [-0.39, 0.29) is 0 Å². The van der Waals surface area contributed by atoms with Crippen LogP contribution < -0.4 is 5.32 Å². The Kier molecular flexibility index (Phi) is 2.39. The lowest BCUT2D eigenvalue weighted by molar-refractivity contribution is 0.434. The lowest BCUT2D eigenvalue weighted by Crippen LogP contribution is -2.13. The monoisotopic (exact) mass is 205 g/mol. The highest BCUT2D eigenvalue weighted by Gasteiger charge is 2.24. The van der Waals surface area contributed by atoms with E-state index < -0.39 is 0 Å². The maximum Gasteiger partial charge on any atom is 0.151 e. The molecule has 0 spiro atoms. The van der Waals surface area contributed by atoms with E-state index in [1.807, 2.05) is 0 Å². The molecule has 0 unspecified atom stereocenters.